The molecule has 38 heavy (non-hydrogen) atoms. The van der Waals surface area contributed by atoms with E-state index in [1.807, 2.05) is 0 Å². The molecule has 0 amide bonds. The van der Waals surface area contributed by atoms with Crippen molar-refractivity contribution in [3.05, 3.63) is 84.9 Å². The van der Waals surface area contributed by atoms with Gasteiger partial charge in [0.15, 0.2) is 22.9 Å². The molecule has 0 aliphatic rings. The largest absolute Gasteiger partial charge is 0.480 e. The lowest BCUT2D eigenvalue weighted by Gasteiger charge is -2.22. The smallest absolute Gasteiger partial charge is 0.328 e. The fourth-order valence-electron chi connectivity index (χ4n) is 3.31. The Hall–Kier alpha value is -3.75. The number of carbonyl (C=O) groups is 1. The Morgan fingerprint density at radius 1 is 0.947 bits per heavy atom. The molecule has 14 heteroatoms. The number of carboxylic acid groups (broad SMARTS) is 1. The highest BCUT2D eigenvalue weighted by molar-refractivity contribution is 9.10. The van der Waals surface area contributed by atoms with Gasteiger partial charge < -0.3 is 19.9 Å². The third kappa shape index (κ3) is 6.57. The first-order valence-electron chi connectivity index (χ1n) is 10.9. The van der Waals surface area contributed by atoms with E-state index < -0.39 is 28.7 Å². The molecular weight excluding hydrogens is 572 g/mol. The Labute approximate surface area is 222 Å². The predicted octanol–water partition coefficient (Wildman–Crippen LogP) is 3.00. The van der Waals surface area contributed by atoms with Gasteiger partial charge in [0, 0.05) is 49.3 Å². The number of aliphatic carboxylic acids is 1. The van der Waals surface area contributed by atoms with Crippen molar-refractivity contribution in [2.45, 2.75) is 32.6 Å². The number of nitrogens with one attached hydrogen (secondary N) is 1. The van der Waals surface area contributed by atoms with Crippen LogP contribution in [0.5, 0.6) is 0 Å². The summed E-state index contributed by atoms with van der Waals surface area (Å²) in [5, 5.41) is 11.8. The van der Waals surface area contributed by atoms with E-state index in [2.05, 4.69) is 31.2 Å². The summed E-state index contributed by atoms with van der Waals surface area (Å²) < 4.78 is 40.1. The van der Waals surface area contributed by atoms with Crippen LogP contribution in [0.1, 0.15) is 25.2 Å². The molecule has 0 fully saturated rings. The summed E-state index contributed by atoms with van der Waals surface area (Å²) in [5.41, 5.74) is -1.37. The molecule has 4 heterocycles. The number of methoxy groups -OCH3 is 2. The standard InChI is InChI=1S/C14H16FN3O4.C10H8BrFN2O2/c1-14(2,13(20)21)17-8-4-10(15)12-16-9(7-22-3)5-11(19)18(12)6-8;1-16-5-7-3-9(15)14-4-6(11)2-8(12)10(14)13-7/h4-6,17H,7H2,1-3H3,(H,20,21);2-4H,5H2,1H3. The van der Waals surface area contributed by atoms with Crippen molar-refractivity contribution in [3.8, 4) is 0 Å². The van der Waals surface area contributed by atoms with Crippen LogP contribution in [-0.4, -0.2) is 49.6 Å². The molecule has 0 unspecified atom stereocenters. The van der Waals surface area contributed by atoms with Crippen molar-refractivity contribution in [1.29, 1.82) is 0 Å². The van der Waals surface area contributed by atoms with Gasteiger partial charge in [0.1, 0.15) is 5.54 Å². The quantitative estimate of drug-likeness (QED) is 0.330. The van der Waals surface area contributed by atoms with E-state index in [0.717, 1.165) is 14.9 Å². The summed E-state index contributed by atoms with van der Waals surface area (Å²) in [6, 6.07) is 4.92. The lowest BCUT2D eigenvalue weighted by molar-refractivity contribution is -0.141. The Bertz CT molecular complexity index is 1620. The highest BCUT2D eigenvalue weighted by Gasteiger charge is 2.27. The van der Waals surface area contributed by atoms with Crippen molar-refractivity contribution < 1.29 is 28.2 Å². The fraction of sp³-hybridized carbons (Fsp3) is 0.292. The first-order valence-corrected chi connectivity index (χ1v) is 11.7. The first-order chi connectivity index (χ1) is 17.9. The highest BCUT2D eigenvalue weighted by Crippen LogP contribution is 2.18. The van der Waals surface area contributed by atoms with E-state index in [-0.39, 0.29) is 35.8 Å². The zero-order valence-corrected chi connectivity index (χ0v) is 22.4. The Morgan fingerprint density at radius 2 is 1.42 bits per heavy atom. The molecule has 4 aromatic heterocycles. The molecule has 0 bridgehead atoms. The second-order valence-corrected chi connectivity index (χ2v) is 9.48. The zero-order valence-electron chi connectivity index (χ0n) is 20.8. The fourth-order valence-corrected chi connectivity index (χ4v) is 3.72. The molecule has 4 rings (SSSR count). The first kappa shape index (κ1) is 28.8. The average Bonchev–Trinajstić information content (AvgIpc) is 2.81. The van der Waals surface area contributed by atoms with Crippen LogP contribution >= 0.6 is 15.9 Å². The molecule has 0 spiro atoms. The molecule has 0 aliphatic heterocycles. The topological polar surface area (TPSA) is 137 Å². The SMILES string of the molecule is COCc1cc(=O)n2cc(Br)cc(F)c2n1.COCc1cc(=O)n2cc(NC(C)(C)C(=O)O)cc(F)c2n1. The summed E-state index contributed by atoms with van der Waals surface area (Å²) in [7, 11) is 2.93. The van der Waals surface area contributed by atoms with E-state index >= 15 is 0 Å². The Kier molecular flexibility index (Phi) is 8.91. The summed E-state index contributed by atoms with van der Waals surface area (Å²) in [4.78, 5) is 42.8. The summed E-state index contributed by atoms with van der Waals surface area (Å²) in [6.45, 7) is 3.14. The third-order valence-electron chi connectivity index (χ3n) is 5.08. The monoisotopic (exact) mass is 595 g/mol. The minimum Gasteiger partial charge on any atom is -0.480 e. The van der Waals surface area contributed by atoms with Crippen molar-refractivity contribution >= 4 is 38.9 Å². The molecule has 0 aliphatic carbocycles. The second-order valence-electron chi connectivity index (χ2n) is 8.56. The third-order valence-corrected chi connectivity index (χ3v) is 5.51. The number of nitrogens with zero attached hydrogens (tertiary/aromatic N) is 4. The van der Waals surface area contributed by atoms with Gasteiger partial charge in [-0.05, 0) is 35.8 Å². The van der Waals surface area contributed by atoms with Crippen molar-refractivity contribution in [2.75, 3.05) is 19.5 Å². The molecule has 0 saturated heterocycles. The summed E-state index contributed by atoms with van der Waals surface area (Å²) in [6.07, 6.45) is 2.79. The predicted molar refractivity (Wildman–Crippen MR) is 137 cm³/mol. The van der Waals surface area contributed by atoms with Gasteiger partial charge in [0.25, 0.3) is 11.1 Å². The van der Waals surface area contributed by atoms with Crippen LogP contribution in [0.2, 0.25) is 0 Å². The van der Waals surface area contributed by atoms with Crippen molar-refractivity contribution in [3.63, 3.8) is 0 Å². The maximum Gasteiger partial charge on any atom is 0.328 e. The number of hydrogen-bond acceptors (Lipinski definition) is 8. The molecule has 0 atom stereocenters. The van der Waals surface area contributed by atoms with E-state index in [0.29, 0.717) is 15.9 Å². The number of fused-ring (bicyclic) bond motifs is 2. The van der Waals surface area contributed by atoms with Gasteiger partial charge in [0.05, 0.1) is 30.3 Å². The molecule has 202 valence electrons. The van der Waals surface area contributed by atoms with Gasteiger partial charge in [-0.1, -0.05) is 0 Å². The number of carboxylic acids is 1. The molecular formula is C24H24BrF2N5O6. The maximum atomic E-state index is 14.2. The minimum absolute atomic E-state index is 0.00255. The van der Waals surface area contributed by atoms with Gasteiger partial charge in [-0.3, -0.25) is 18.4 Å². The van der Waals surface area contributed by atoms with Gasteiger partial charge in [0.2, 0.25) is 0 Å². The van der Waals surface area contributed by atoms with Gasteiger partial charge in [-0.2, -0.15) is 0 Å². The molecule has 0 saturated carbocycles. The number of aromatic nitrogens is 4. The van der Waals surface area contributed by atoms with Crippen molar-refractivity contribution in [1.82, 2.24) is 18.8 Å². The van der Waals surface area contributed by atoms with Crippen LogP contribution in [0.25, 0.3) is 11.3 Å². The molecule has 11 nitrogen and oxygen atoms in total. The number of hydrogen-bond donors (Lipinski definition) is 2. The maximum absolute atomic E-state index is 14.2. The number of rotatable bonds is 7. The normalized spacial score (nSPS) is 11.3. The lowest BCUT2D eigenvalue weighted by atomic mass is 10.1. The van der Waals surface area contributed by atoms with E-state index in [1.54, 1.807) is 0 Å². The number of anilines is 1. The van der Waals surface area contributed by atoms with Crippen LogP contribution in [-0.2, 0) is 27.5 Å². The number of pyridine rings is 2. The van der Waals surface area contributed by atoms with Crippen LogP contribution < -0.4 is 16.4 Å². The van der Waals surface area contributed by atoms with Crippen LogP contribution in [0.4, 0.5) is 14.5 Å². The molecule has 4 aromatic rings. The Balaban J connectivity index is 0.000000221. The van der Waals surface area contributed by atoms with E-state index in [1.165, 1.54) is 58.7 Å². The second kappa shape index (κ2) is 11.8. The van der Waals surface area contributed by atoms with Crippen LogP contribution in [0.3, 0.4) is 0 Å². The van der Waals surface area contributed by atoms with Gasteiger partial charge >= 0.3 is 5.97 Å². The van der Waals surface area contributed by atoms with Crippen LogP contribution in [0.15, 0.2) is 50.7 Å². The van der Waals surface area contributed by atoms with Gasteiger partial charge in [-0.15, -0.1) is 0 Å². The minimum atomic E-state index is -1.31. The van der Waals surface area contributed by atoms with Crippen molar-refractivity contribution in [2.24, 2.45) is 0 Å². The lowest BCUT2D eigenvalue weighted by Crippen LogP contribution is -2.40. The van der Waals surface area contributed by atoms with Gasteiger partial charge in [-0.25, -0.2) is 23.5 Å². The molecule has 0 radical (unpaired) electrons. The zero-order chi connectivity index (χ0) is 28.2. The Morgan fingerprint density at radius 3 is 1.89 bits per heavy atom. The summed E-state index contributed by atoms with van der Waals surface area (Å²) in [5.74, 6) is -2.39. The summed E-state index contributed by atoms with van der Waals surface area (Å²) >= 11 is 3.11. The molecule has 0 aromatic carbocycles. The average molecular weight is 596 g/mol. The molecule has 2 N–H and O–H groups in total. The number of ether oxygens (including phenoxy) is 2. The van der Waals surface area contributed by atoms with E-state index in [4.69, 9.17) is 14.6 Å². The highest BCUT2D eigenvalue weighted by atomic mass is 79.9. The van der Waals surface area contributed by atoms with E-state index in [9.17, 15) is 23.2 Å². The van der Waals surface area contributed by atoms with Crippen LogP contribution in [0, 0.1) is 11.6 Å². The number of halogens is 3.